The first-order valence-corrected chi connectivity index (χ1v) is 7.81. The minimum atomic E-state index is 0.0252. The maximum absolute atomic E-state index is 11.9. The van der Waals surface area contributed by atoms with Gasteiger partial charge >= 0.3 is 0 Å². The summed E-state index contributed by atoms with van der Waals surface area (Å²) in [6.45, 7) is 2.87. The second-order valence-corrected chi connectivity index (χ2v) is 6.19. The van der Waals surface area contributed by atoms with E-state index in [9.17, 15) is 4.79 Å². The summed E-state index contributed by atoms with van der Waals surface area (Å²) in [5, 5.41) is 3.58. The predicted molar refractivity (Wildman–Crippen MR) is 81.2 cm³/mol. The number of nitrogens with one attached hydrogen (secondary N) is 1. The second-order valence-electron chi connectivity index (χ2n) is 5.16. The zero-order valence-corrected chi connectivity index (χ0v) is 12.3. The molecular weight excluding hydrogens is 272 g/mol. The Labute approximate surface area is 122 Å². The number of rotatable bonds is 4. The molecule has 1 amide bonds. The molecule has 20 heavy (non-hydrogen) atoms. The number of para-hydroxylation sites is 1. The molecule has 1 aromatic heterocycles. The van der Waals surface area contributed by atoms with E-state index in [4.69, 9.17) is 4.74 Å². The van der Waals surface area contributed by atoms with Crippen molar-refractivity contribution in [1.29, 1.82) is 0 Å². The van der Waals surface area contributed by atoms with Crippen LogP contribution in [-0.2, 0) is 9.53 Å². The van der Waals surface area contributed by atoms with Gasteiger partial charge in [-0.25, -0.2) is 4.98 Å². The maximum Gasteiger partial charge on any atom is 0.226 e. The molecule has 1 aromatic carbocycles. The molecule has 4 nitrogen and oxygen atoms in total. The van der Waals surface area contributed by atoms with Crippen molar-refractivity contribution in [2.24, 2.45) is 0 Å². The summed E-state index contributed by atoms with van der Waals surface area (Å²) in [4.78, 5) is 16.4. The van der Waals surface area contributed by atoms with Gasteiger partial charge in [0.25, 0.3) is 0 Å². The van der Waals surface area contributed by atoms with E-state index in [0.29, 0.717) is 11.6 Å². The molecule has 5 heteroatoms. The standard InChI is InChI=1S/C15H18N2O2S/c1-10-4-2-6-12-14(10)17-15(20-12)16-13(18)8-7-11-5-3-9-19-11/h2,4,6,11H,3,5,7-9H2,1H3,(H,16,17,18)/t11-/m1/s1. The third-order valence-corrected chi connectivity index (χ3v) is 4.52. The molecule has 2 aromatic rings. The highest BCUT2D eigenvalue weighted by atomic mass is 32.1. The van der Waals surface area contributed by atoms with Gasteiger partial charge in [0, 0.05) is 13.0 Å². The summed E-state index contributed by atoms with van der Waals surface area (Å²) >= 11 is 1.52. The molecule has 1 aliphatic heterocycles. The topological polar surface area (TPSA) is 51.2 Å². The van der Waals surface area contributed by atoms with Gasteiger partial charge in [-0.2, -0.15) is 0 Å². The smallest absolute Gasteiger partial charge is 0.226 e. The van der Waals surface area contributed by atoms with Gasteiger partial charge in [-0.15, -0.1) is 0 Å². The molecule has 0 bridgehead atoms. The van der Waals surface area contributed by atoms with Gasteiger partial charge in [0.2, 0.25) is 5.91 Å². The monoisotopic (exact) mass is 290 g/mol. The van der Waals surface area contributed by atoms with Crippen LogP contribution in [0.5, 0.6) is 0 Å². The van der Waals surface area contributed by atoms with E-state index >= 15 is 0 Å². The van der Waals surface area contributed by atoms with Crippen LogP contribution in [0.1, 0.15) is 31.2 Å². The molecule has 2 heterocycles. The highest BCUT2D eigenvalue weighted by Crippen LogP contribution is 2.28. The van der Waals surface area contributed by atoms with Crippen LogP contribution in [0.2, 0.25) is 0 Å². The molecule has 0 unspecified atom stereocenters. The quantitative estimate of drug-likeness (QED) is 0.937. The van der Waals surface area contributed by atoms with Crippen LogP contribution in [0, 0.1) is 6.92 Å². The molecule has 106 valence electrons. The first-order chi connectivity index (χ1) is 9.72. The lowest BCUT2D eigenvalue weighted by atomic mass is 10.1. The fourth-order valence-corrected chi connectivity index (χ4v) is 3.45. The number of benzene rings is 1. The number of aromatic nitrogens is 1. The average molecular weight is 290 g/mol. The van der Waals surface area contributed by atoms with Gasteiger partial charge in [0.1, 0.15) is 0 Å². The summed E-state index contributed by atoms with van der Waals surface area (Å²) in [7, 11) is 0. The molecule has 0 radical (unpaired) electrons. The number of carbonyl (C=O) groups is 1. The Bertz CT molecular complexity index is 617. The third kappa shape index (κ3) is 2.99. The van der Waals surface area contributed by atoms with Gasteiger partial charge in [-0.1, -0.05) is 23.5 Å². The van der Waals surface area contributed by atoms with Crippen LogP contribution in [-0.4, -0.2) is 23.6 Å². The first kappa shape index (κ1) is 13.5. The molecule has 1 N–H and O–H groups in total. The molecule has 1 aliphatic rings. The molecule has 0 aliphatic carbocycles. The number of thiazole rings is 1. The van der Waals surface area contributed by atoms with Crippen molar-refractivity contribution < 1.29 is 9.53 Å². The van der Waals surface area contributed by atoms with E-state index in [2.05, 4.69) is 10.3 Å². The minimum Gasteiger partial charge on any atom is -0.378 e. The van der Waals surface area contributed by atoms with E-state index in [1.165, 1.54) is 11.3 Å². The van der Waals surface area contributed by atoms with E-state index in [-0.39, 0.29) is 12.0 Å². The number of amides is 1. The highest BCUT2D eigenvalue weighted by molar-refractivity contribution is 7.22. The van der Waals surface area contributed by atoms with Crippen LogP contribution in [0.4, 0.5) is 5.13 Å². The zero-order valence-electron chi connectivity index (χ0n) is 11.5. The van der Waals surface area contributed by atoms with Crippen LogP contribution >= 0.6 is 11.3 Å². The van der Waals surface area contributed by atoms with Crippen LogP contribution in [0.3, 0.4) is 0 Å². The van der Waals surface area contributed by atoms with E-state index in [0.717, 1.165) is 41.6 Å². The Morgan fingerprint density at radius 1 is 1.55 bits per heavy atom. The number of aryl methyl sites for hydroxylation is 1. The average Bonchev–Trinajstić information content (AvgIpc) is 3.05. The molecule has 0 saturated carbocycles. The Kier molecular flexibility index (Phi) is 3.98. The van der Waals surface area contributed by atoms with Crippen molar-refractivity contribution in [2.45, 2.75) is 38.7 Å². The van der Waals surface area contributed by atoms with Crippen molar-refractivity contribution in [3.05, 3.63) is 23.8 Å². The lowest BCUT2D eigenvalue weighted by Gasteiger charge is -2.07. The van der Waals surface area contributed by atoms with Crippen LogP contribution < -0.4 is 5.32 Å². The second kappa shape index (κ2) is 5.89. The SMILES string of the molecule is Cc1cccc2sc(NC(=O)CC[C@H]3CCCO3)nc12. The fraction of sp³-hybridized carbons (Fsp3) is 0.467. The van der Waals surface area contributed by atoms with Crippen molar-refractivity contribution in [2.75, 3.05) is 11.9 Å². The van der Waals surface area contributed by atoms with Gasteiger partial charge in [-0.3, -0.25) is 4.79 Å². The highest BCUT2D eigenvalue weighted by Gasteiger charge is 2.17. The number of carbonyl (C=O) groups excluding carboxylic acids is 1. The summed E-state index contributed by atoms with van der Waals surface area (Å²) in [6.07, 6.45) is 3.75. The minimum absolute atomic E-state index is 0.0252. The van der Waals surface area contributed by atoms with Gasteiger partial charge in [0.15, 0.2) is 5.13 Å². The molecule has 1 saturated heterocycles. The Balaban J connectivity index is 1.60. The van der Waals surface area contributed by atoms with E-state index in [1.807, 2.05) is 25.1 Å². The number of anilines is 1. The summed E-state index contributed by atoms with van der Waals surface area (Å²) in [5.74, 6) is 0.0252. The number of hydrogen-bond donors (Lipinski definition) is 1. The number of nitrogens with zero attached hydrogens (tertiary/aromatic N) is 1. The number of fused-ring (bicyclic) bond motifs is 1. The Hall–Kier alpha value is -1.46. The van der Waals surface area contributed by atoms with Crippen LogP contribution in [0.15, 0.2) is 18.2 Å². The molecule has 1 atom stereocenters. The lowest BCUT2D eigenvalue weighted by Crippen LogP contribution is -2.15. The van der Waals surface area contributed by atoms with Crippen LogP contribution in [0.25, 0.3) is 10.2 Å². The molecule has 3 rings (SSSR count). The summed E-state index contributed by atoms with van der Waals surface area (Å²) in [6, 6.07) is 6.08. The zero-order chi connectivity index (χ0) is 13.9. The van der Waals surface area contributed by atoms with Crippen molar-refractivity contribution >= 4 is 32.6 Å². The lowest BCUT2D eigenvalue weighted by molar-refractivity contribution is -0.116. The maximum atomic E-state index is 11.9. The van der Waals surface area contributed by atoms with E-state index in [1.54, 1.807) is 0 Å². The first-order valence-electron chi connectivity index (χ1n) is 7.00. The number of ether oxygens (including phenoxy) is 1. The van der Waals surface area contributed by atoms with Gasteiger partial charge < -0.3 is 10.1 Å². The fourth-order valence-electron chi connectivity index (χ4n) is 2.49. The summed E-state index contributed by atoms with van der Waals surface area (Å²) in [5.41, 5.74) is 2.12. The third-order valence-electron chi connectivity index (χ3n) is 3.58. The predicted octanol–water partition coefficient (Wildman–Crippen LogP) is 3.50. The van der Waals surface area contributed by atoms with E-state index < -0.39 is 0 Å². The van der Waals surface area contributed by atoms with Crippen molar-refractivity contribution in [1.82, 2.24) is 4.98 Å². The Morgan fingerprint density at radius 2 is 2.45 bits per heavy atom. The van der Waals surface area contributed by atoms with Crippen molar-refractivity contribution in [3.8, 4) is 0 Å². The largest absolute Gasteiger partial charge is 0.378 e. The number of hydrogen-bond acceptors (Lipinski definition) is 4. The molecule has 1 fully saturated rings. The summed E-state index contributed by atoms with van der Waals surface area (Å²) < 4.78 is 6.63. The van der Waals surface area contributed by atoms with Crippen molar-refractivity contribution in [3.63, 3.8) is 0 Å². The Morgan fingerprint density at radius 3 is 3.20 bits per heavy atom. The normalized spacial score (nSPS) is 18.6. The molecular formula is C15H18N2O2S. The van der Waals surface area contributed by atoms with Gasteiger partial charge in [0.05, 0.1) is 16.3 Å². The molecule has 0 spiro atoms. The van der Waals surface area contributed by atoms with Gasteiger partial charge in [-0.05, 0) is 37.8 Å².